The van der Waals surface area contributed by atoms with Gasteiger partial charge in [-0.15, -0.1) is 11.6 Å². The van der Waals surface area contributed by atoms with Crippen LogP contribution in [0, 0.1) is 17.8 Å². The van der Waals surface area contributed by atoms with Crippen LogP contribution in [0.5, 0.6) is 5.75 Å². The van der Waals surface area contributed by atoms with Gasteiger partial charge in [0, 0.05) is 70.8 Å². The highest BCUT2D eigenvalue weighted by atomic mass is 35.5. The first kappa shape index (κ1) is 46.6. The Morgan fingerprint density at radius 1 is 0.966 bits per heavy atom. The smallest absolute Gasteiger partial charge is 0.263 e. The third kappa shape index (κ3) is 11.2. The maximum atomic E-state index is 13.6. The van der Waals surface area contributed by atoms with E-state index in [9.17, 15) is 9.00 Å². The van der Waals surface area contributed by atoms with E-state index >= 15 is 0 Å². The summed E-state index contributed by atoms with van der Waals surface area (Å²) in [6, 6.07) is 14.8. The predicted molar refractivity (Wildman–Crippen MR) is 238 cm³/mol. The standard InChI is InChI=1S/C43H62N4O6S.C2H6.CH3Cl/c1-5-9-33-11-6-7-12-38(33)36-26-47-25-35-13-15-39(35)43(50-4,30-45-18-20-46(21-19-45)37-28-51-22-23-52-29-37)17-8-10-31(2)32(3)54(49)44-42(48)34-14-16-41(53-27-36)40(47)24-34;2*1-2/h6-8,11-12,14,16-17,24,31-32,35-37,39H,5,9-10,13,15,18-23,25-30H2,1-4H3,(H,44,48);1-2H3;1H3/b17-8+;;. The maximum Gasteiger partial charge on any atom is 0.263 e. The number of carbonyl (C=O) groups is 1. The Morgan fingerprint density at radius 3 is 2.36 bits per heavy atom. The molecule has 7 unspecified atom stereocenters. The average molecular weight is 844 g/mol. The van der Waals surface area contributed by atoms with Crippen molar-refractivity contribution in [2.24, 2.45) is 17.8 Å². The van der Waals surface area contributed by atoms with Crippen molar-refractivity contribution in [1.29, 1.82) is 0 Å². The molecule has 1 amide bonds. The van der Waals surface area contributed by atoms with Crippen molar-refractivity contribution >= 4 is 34.2 Å². The SMILES string of the molecule is CC.CCCc1ccccc1C1COc2ccc3cc2N(C1)CC1CCC1C(CN1CCN(C2COCCOC2)CC1)(OC)/C=C/CC(C)C(C)S(=O)NC3=O.CCl. The van der Waals surface area contributed by atoms with Gasteiger partial charge < -0.3 is 23.8 Å². The molecule has 58 heavy (non-hydrogen) atoms. The molecule has 3 fully saturated rings. The number of anilines is 1. The number of piperazine rings is 1. The fraction of sp³-hybridized carbons (Fsp3) is 0.674. The van der Waals surface area contributed by atoms with Crippen LogP contribution in [0.25, 0.3) is 0 Å². The summed E-state index contributed by atoms with van der Waals surface area (Å²) in [5, 5.41) is -0.227. The van der Waals surface area contributed by atoms with Gasteiger partial charge in [-0.3, -0.25) is 19.3 Å². The number of hydrogen-bond donors (Lipinski definition) is 1. The summed E-state index contributed by atoms with van der Waals surface area (Å²) < 4.78 is 41.4. The van der Waals surface area contributed by atoms with E-state index < -0.39 is 16.6 Å². The van der Waals surface area contributed by atoms with Crippen LogP contribution in [0.4, 0.5) is 5.69 Å². The number of fused-ring (bicyclic) bond motifs is 2. The topological polar surface area (TPSA) is 92.8 Å². The summed E-state index contributed by atoms with van der Waals surface area (Å²) in [7, 11) is 0.353. The van der Waals surface area contributed by atoms with Gasteiger partial charge in [-0.2, -0.15) is 0 Å². The molecule has 7 rings (SSSR count). The highest BCUT2D eigenvalue weighted by Crippen LogP contribution is 2.47. The molecular formula is C46H71ClN4O6S. The van der Waals surface area contributed by atoms with Crippen LogP contribution >= 0.6 is 11.6 Å². The summed E-state index contributed by atoms with van der Waals surface area (Å²) >= 11 is 4.64. The molecule has 2 bridgehead atoms. The van der Waals surface area contributed by atoms with E-state index in [2.05, 4.69) is 81.3 Å². The van der Waals surface area contributed by atoms with Crippen molar-refractivity contribution in [2.45, 2.75) is 89.5 Å². The molecule has 0 spiro atoms. The van der Waals surface area contributed by atoms with Crippen LogP contribution < -0.4 is 14.4 Å². The molecule has 5 aliphatic rings. The molecule has 4 aliphatic heterocycles. The number of aryl methyl sites for hydroxylation is 1. The maximum absolute atomic E-state index is 13.6. The molecule has 2 aromatic carbocycles. The number of allylic oxidation sites excluding steroid dienone is 1. The zero-order valence-electron chi connectivity index (χ0n) is 36.3. The highest BCUT2D eigenvalue weighted by Gasteiger charge is 2.49. The van der Waals surface area contributed by atoms with Crippen LogP contribution in [-0.4, -0.2) is 129 Å². The zero-order chi connectivity index (χ0) is 41.7. The van der Waals surface area contributed by atoms with Gasteiger partial charge in [-0.1, -0.05) is 70.5 Å². The first-order chi connectivity index (χ1) is 28.3. The van der Waals surface area contributed by atoms with Crippen LogP contribution in [0.1, 0.15) is 87.7 Å². The second-order valence-electron chi connectivity index (χ2n) is 16.3. The molecule has 12 heteroatoms. The second kappa shape index (κ2) is 22.9. The lowest BCUT2D eigenvalue weighted by atomic mass is 9.63. The van der Waals surface area contributed by atoms with Gasteiger partial charge in [0.2, 0.25) is 0 Å². The molecule has 0 aromatic heterocycles. The van der Waals surface area contributed by atoms with Crippen molar-refractivity contribution in [2.75, 3.05) is 97.2 Å². The van der Waals surface area contributed by atoms with Crippen molar-refractivity contribution < 1.29 is 28.0 Å². The number of nitrogens with one attached hydrogen (secondary N) is 1. The van der Waals surface area contributed by atoms with E-state index in [1.165, 1.54) is 17.5 Å². The number of rotatable bonds is 7. The molecule has 2 saturated heterocycles. The number of amides is 1. The fourth-order valence-electron chi connectivity index (χ4n) is 9.30. The number of hydrogen-bond acceptors (Lipinski definition) is 9. The lowest BCUT2D eigenvalue weighted by Gasteiger charge is -2.52. The van der Waals surface area contributed by atoms with Crippen molar-refractivity contribution in [3.05, 3.63) is 71.3 Å². The van der Waals surface area contributed by atoms with Crippen LogP contribution in [0.15, 0.2) is 54.6 Å². The van der Waals surface area contributed by atoms with Gasteiger partial charge >= 0.3 is 0 Å². The Hall–Kier alpha value is -2.51. The Kier molecular flexibility index (Phi) is 18.4. The first-order valence-electron chi connectivity index (χ1n) is 21.8. The minimum Gasteiger partial charge on any atom is -0.491 e. The quantitative estimate of drug-likeness (QED) is 0.228. The van der Waals surface area contributed by atoms with Crippen molar-refractivity contribution in [3.63, 3.8) is 0 Å². The van der Waals surface area contributed by atoms with E-state index in [1.807, 2.05) is 46.1 Å². The Labute approximate surface area is 356 Å². The Morgan fingerprint density at radius 2 is 1.69 bits per heavy atom. The van der Waals surface area contributed by atoms with E-state index in [0.717, 1.165) is 103 Å². The molecule has 2 aromatic rings. The Bertz CT molecular complexity index is 1630. The molecule has 4 heterocycles. The number of benzene rings is 2. The van der Waals surface area contributed by atoms with E-state index in [0.29, 0.717) is 43.3 Å². The molecule has 324 valence electrons. The summed E-state index contributed by atoms with van der Waals surface area (Å²) in [5.74, 6) is 1.46. The third-order valence-corrected chi connectivity index (χ3v) is 14.5. The largest absolute Gasteiger partial charge is 0.491 e. The fourth-order valence-corrected chi connectivity index (χ4v) is 10.3. The van der Waals surface area contributed by atoms with E-state index in [4.69, 9.17) is 18.9 Å². The van der Waals surface area contributed by atoms with Gasteiger partial charge in [0.05, 0.1) is 50.0 Å². The van der Waals surface area contributed by atoms with Crippen molar-refractivity contribution in [1.82, 2.24) is 14.5 Å². The number of ether oxygens (including phenoxy) is 4. The minimum atomic E-state index is -1.54. The molecule has 7 atom stereocenters. The predicted octanol–water partition coefficient (Wildman–Crippen LogP) is 7.33. The summed E-state index contributed by atoms with van der Waals surface area (Å²) in [6.07, 6.45) is 11.2. The number of nitrogens with zero attached hydrogens (tertiary/aromatic N) is 3. The summed E-state index contributed by atoms with van der Waals surface area (Å²) in [5.41, 5.74) is 3.70. The number of carbonyl (C=O) groups excluding carboxylic acids is 1. The molecule has 1 saturated carbocycles. The van der Waals surface area contributed by atoms with Crippen LogP contribution in [0.3, 0.4) is 0 Å². The van der Waals surface area contributed by atoms with Crippen molar-refractivity contribution in [3.8, 4) is 5.75 Å². The summed E-state index contributed by atoms with van der Waals surface area (Å²) in [6.45, 7) is 20.1. The molecule has 10 nitrogen and oxygen atoms in total. The number of methoxy groups -OCH3 is 1. The lowest BCUT2D eigenvalue weighted by Crippen LogP contribution is -2.60. The Balaban J connectivity index is 0.00000155. The lowest BCUT2D eigenvalue weighted by molar-refractivity contribution is -0.0973. The molecule has 1 aliphatic carbocycles. The van der Waals surface area contributed by atoms with Gasteiger partial charge in [0.25, 0.3) is 5.91 Å². The average Bonchev–Trinajstić information content (AvgIpc) is 3.63. The first-order valence-corrected chi connectivity index (χ1v) is 23.8. The van der Waals surface area contributed by atoms with E-state index in [-0.39, 0.29) is 23.0 Å². The molecule has 1 N–H and O–H groups in total. The molecule has 0 radical (unpaired) electrons. The second-order valence-corrected chi connectivity index (χ2v) is 17.9. The van der Waals surface area contributed by atoms with Gasteiger partial charge in [0.1, 0.15) is 22.3 Å². The number of halogens is 1. The zero-order valence-corrected chi connectivity index (χ0v) is 37.8. The molecular weight excluding hydrogens is 772 g/mol. The third-order valence-electron chi connectivity index (χ3n) is 13.0. The van der Waals surface area contributed by atoms with Gasteiger partial charge in [0.15, 0.2) is 0 Å². The highest BCUT2D eigenvalue weighted by molar-refractivity contribution is 7.84. The normalized spacial score (nSPS) is 30.6. The summed E-state index contributed by atoms with van der Waals surface area (Å²) in [4.78, 5) is 21.2. The van der Waals surface area contributed by atoms with Gasteiger partial charge in [-0.05, 0) is 79.7 Å². The minimum absolute atomic E-state index is 0.0954. The van der Waals surface area contributed by atoms with Crippen LogP contribution in [0.2, 0.25) is 0 Å². The van der Waals surface area contributed by atoms with Gasteiger partial charge in [-0.25, -0.2) is 4.21 Å². The van der Waals surface area contributed by atoms with Crippen LogP contribution in [-0.2, 0) is 31.6 Å². The van der Waals surface area contributed by atoms with E-state index in [1.54, 1.807) is 0 Å². The number of alkyl halides is 1. The monoisotopic (exact) mass is 842 g/mol.